The summed E-state index contributed by atoms with van der Waals surface area (Å²) in [7, 11) is 0. The van der Waals surface area contributed by atoms with Gasteiger partial charge in [0, 0.05) is 12.6 Å². The number of hydrogen-bond donors (Lipinski definition) is 1. The fourth-order valence-electron chi connectivity index (χ4n) is 1.91. The van der Waals surface area contributed by atoms with E-state index in [1.54, 1.807) is 0 Å². The maximum atomic E-state index is 5.76. The van der Waals surface area contributed by atoms with Crippen LogP contribution in [-0.2, 0) is 4.74 Å². The van der Waals surface area contributed by atoms with Crippen LogP contribution in [0.2, 0.25) is 0 Å². The minimum atomic E-state index is 0.455. The molecule has 0 radical (unpaired) electrons. The van der Waals surface area contributed by atoms with Crippen molar-refractivity contribution in [3.63, 3.8) is 0 Å². The van der Waals surface area contributed by atoms with Crippen molar-refractivity contribution >= 4 is 0 Å². The van der Waals surface area contributed by atoms with Gasteiger partial charge in [-0.25, -0.2) is 0 Å². The second-order valence-corrected chi connectivity index (χ2v) is 4.73. The summed E-state index contributed by atoms with van der Waals surface area (Å²) in [6.45, 7) is 10.0. The fraction of sp³-hybridized carbons (Fsp3) is 1.00. The summed E-state index contributed by atoms with van der Waals surface area (Å²) in [5, 5.41) is 3.57. The summed E-state index contributed by atoms with van der Waals surface area (Å²) in [4.78, 5) is 0. The Hall–Kier alpha value is -0.0800. The van der Waals surface area contributed by atoms with E-state index in [0.717, 1.165) is 12.5 Å². The van der Waals surface area contributed by atoms with Gasteiger partial charge in [0.15, 0.2) is 0 Å². The highest BCUT2D eigenvalue weighted by Gasteiger charge is 2.22. The average molecular weight is 199 g/mol. The minimum Gasteiger partial charge on any atom is -0.374 e. The molecule has 0 bridgehead atoms. The zero-order valence-electron chi connectivity index (χ0n) is 10.0. The normalized spacial score (nSPS) is 31.7. The molecule has 1 heterocycles. The minimum absolute atomic E-state index is 0.455. The van der Waals surface area contributed by atoms with Crippen molar-refractivity contribution in [3.05, 3.63) is 0 Å². The lowest BCUT2D eigenvalue weighted by Crippen LogP contribution is -2.37. The molecule has 14 heavy (non-hydrogen) atoms. The molecule has 0 aliphatic carbocycles. The van der Waals surface area contributed by atoms with Crippen LogP contribution in [0.25, 0.3) is 0 Å². The Labute approximate surface area is 88.4 Å². The quantitative estimate of drug-likeness (QED) is 0.735. The zero-order valence-corrected chi connectivity index (χ0v) is 10.0. The molecule has 1 rings (SSSR count). The smallest absolute Gasteiger partial charge is 0.0704 e. The first kappa shape index (κ1) is 12.0. The number of hydrogen-bond acceptors (Lipinski definition) is 2. The van der Waals surface area contributed by atoms with Gasteiger partial charge in [0.2, 0.25) is 0 Å². The van der Waals surface area contributed by atoms with Crippen LogP contribution in [0, 0.1) is 5.92 Å². The molecule has 2 heteroatoms. The maximum Gasteiger partial charge on any atom is 0.0704 e. The highest BCUT2D eigenvalue weighted by atomic mass is 16.5. The Bertz CT molecular complexity index is 158. The molecular formula is C12H25NO. The lowest BCUT2D eigenvalue weighted by molar-refractivity contribution is 0.0535. The molecule has 2 nitrogen and oxygen atoms in total. The van der Waals surface area contributed by atoms with Crippen LogP contribution in [0.1, 0.15) is 47.0 Å². The van der Waals surface area contributed by atoms with Gasteiger partial charge in [-0.05, 0) is 32.6 Å². The molecule has 0 aromatic heterocycles. The van der Waals surface area contributed by atoms with E-state index in [1.165, 1.54) is 19.3 Å². The molecule has 0 aromatic carbocycles. The molecule has 0 spiro atoms. The lowest BCUT2D eigenvalue weighted by Gasteiger charge is -2.22. The first-order valence-electron chi connectivity index (χ1n) is 6.02. The molecule has 4 unspecified atom stereocenters. The van der Waals surface area contributed by atoms with Gasteiger partial charge in [-0.1, -0.05) is 20.3 Å². The second-order valence-electron chi connectivity index (χ2n) is 4.73. The zero-order chi connectivity index (χ0) is 10.6. The molecule has 1 saturated heterocycles. The number of ether oxygens (including phenoxy) is 1. The van der Waals surface area contributed by atoms with Crippen molar-refractivity contribution in [2.45, 2.75) is 65.2 Å². The van der Waals surface area contributed by atoms with Crippen molar-refractivity contribution in [3.8, 4) is 0 Å². The molecule has 1 aliphatic rings. The van der Waals surface area contributed by atoms with Crippen LogP contribution in [0.5, 0.6) is 0 Å². The predicted octanol–water partition coefficient (Wildman–Crippen LogP) is 2.58. The summed E-state index contributed by atoms with van der Waals surface area (Å²) < 4.78 is 5.76. The summed E-state index contributed by atoms with van der Waals surface area (Å²) in [6.07, 6.45) is 4.62. The van der Waals surface area contributed by atoms with Gasteiger partial charge in [-0.15, -0.1) is 0 Å². The molecule has 0 aromatic rings. The van der Waals surface area contributed by atoms with Crippen LogP contribution in [0.4, 0.5) is 0 Å². The Morgan fingerprint density at radius 3 is 2.57 bits per heavy atom. The lowest BCUT2D eigenvalue weighted by atomic mass is 10.0. The molecule has 1 fully saturated rings. The third-order valence-electron chi connectivity index (χ3n) is 3.48. The topological polar surface area (TPSA) is 21.3 Å². The molecule has 84 valence electrons. The Balaban J connectivity index is 2.14. The van der Waals surface area contributed by atoms with Crippen LogP contribution in [-0.4, -0.2) is 24.8 Å². The van der Waals surface area contributed by atoms with Crippen LogP contribution >= 0.6 is 0 Å². The van der Waals surface area contributed by atoms with E-state index < -0.39 is 0 Å². The van der Waals surface area contributed by atoms with Gasteiger partial charge < -0.3 is 10.1 Å². The van der Waals surface area contributed by atoms with Gasteiger partial charge in [0.05, 0.1) is 12.2 Å². The van der Waals surface area contributed by atoms with Crippen molar-refractivity contribution in [2.24, 2.45) is 5.92 Å². The third kappa shape index (κ3) is 3.58. The van der Waals surface area contributed by atoms with E-state index in [4.69, 9.17) is 4.74 Å². The summed E-state index contributed by atoms with van der Waals surface area (Å²) in [6, 6.07) is 0.611. The standard InChI is InChI=1S/C12H25NO/c1-5-9(2)11(4)13-8-12-7-6-10(3)14-12/h9-13H,5-8H2,1-4H3. The van der Waals surface area contributed by atoms with Gasteiger partial charge in [0.1, 0.15) is 0 Å². The van der Waals surface area contributed by atoms with Crippen LogP contribution in [0.15, 0.2) is 0 Å². The number of nitrogens with one attached hydrogen (secondary N) is 1. The van der Waals surface area contributed by atoms with Crippen LogP contribution < -0.4 is 5.32 Å². The van der Waals surface area contributed by atoms with Gasteiger partial charge in [0.25, 0.3) is 0 Å². The molecule has 0 saturated carbocycles. The van der Waals surface area contributed by atoms with E-state index in [9.17, 15) is 0 Å². The fourth-order valence-corrected chi connectivity index (χ4v) is 1.91. The van der Waals surface area contributed by atoms with Crippen molar-refractivity contribution in [1.82, 2.24) is 5.32 Å². The Morgan fingerprint density at radius 1 is 1.36 bits per heavy atom. The monoisotopic (exact) mass is 199 g/mol. The van der Waals surface area contributed by atoms with Gasteiger partial charge in [-0.3, -0.25) is 0 Å². The maximum absolute atomic E-state index is 5.76. The largest absolute Gasteiger partial charge is 0.374 e. The molecule has 0 amide bonds. The molecule has 4 atom stereocenters. The van der Waals surface area contributed by atoms with Crippen molar-refractivity contribution in [1.29, 1.82) is 0 Å². The van der Waals surface area contributed by atoms with Crippen LogP contribution in [0.3, 0.4) is 0 Å². The summed E-state index contributed by atoms with van der Waals surface area (Å²) in [5.74, 6) is 0.758. The highest BCUT2D eigenvalue weighted by molar-refractivity contribution is 4.75. The van der Waals surface area contributed by atoms with Crippen molar-refractivity contribution < 1.29 is 4.74 Å². The average Bonchev–Trinajstić information content (AvgIpc) is 2.59. The van der Waals surface area contributed by atoms with E-state index in [2.05, 4.69) is 33.0 Å². The van der Waals surface area contributed by atoms with E-state index in [0.29, 0.717) is 18.2 Å². The predicted molar refractivity (Wildman–Crippen MR) is 60.5 cm³/mol. The summed E-state index contributed by atoms with van der Waals surface area (Å²) >= 11 is 0. The first-order chi connectivity index (χ1) is 6.63. The third-order valence-corrected chi connectivity index (χ3v) is 3.48. The van der Waals surface area contributed by atoms with Gasteiger partial charge >= 0.3 is 0 Å². The molecule has 1 N–H and O–H groups in total. The van der Waals surface area contributed by atoms with E-state index in [1.807, 2.05) is 0 Å². The Kier molecular flexibility index (Phi) is 4.90. The highest BCUT2D eigenvalue weighted by Crippen LogP contribution is 2.18. The Morgan fingerprint density at radius 2 is 2.07 bits per heavy atom. The van der Waals surface area contributed by atoms with E-state index >= 15 is 0 Å². The van der Waals surface area contributed by atoms with Gasteiger partial charge in [-0.2, -0.15) is 0 Å². The van der Waals surface area contributed by atoms with E-state index in [-0.39, 0.29) is 0 Å². The van der Waals surface area contributed by atoms with Crippen molar-refractivity contribution in [2.75, 3.05) is 6.54 Å². The SMILES string of the molecule is CCC(C)C(C)NCC1CCC(C)O1. The first-order valence-corrected chi connectivity index (χ1v) is 6.02. The number of rotatable bonds is 5. The second kappa shape index (κ2) is 5.72. The summed E-state index contributed by atoms with van der Waals surface area (Å²) in [5.41, 5.74) is 0. The molecular weight excluding hydrogens is 174 g/mol. The molecule has 1 aliphatic heterocycles.